The van der Waals surface area contributed by atoms with Crippen molar-refractivity contribution in [2.45, 2.75) is 31.7 Å². The third-order valence-electron chi connectivity index (χ3n) is 6.72. The van der Waals surface area contributed by atoms with Crippen LogP contribution in [0.3, 0.4) is 0 Å². The van der Waals surface area contributed by atoms with E-state index in [0.29, 0.717) is 5.92 Å². The number of nitrogens with one attached hydrogen (secondary N) is 2. The highest BCUT2D eigenvalue weighted by atomic mass is 14.9. The number of hydrogen-bond donors (Lipinski definition) is 2. The molecule has 6 rings (SSSR count). The first-order valence-electron chi connectivity index (χ1n) is 11.1. The molecule has 4 aliphatic carbocycles. The third kappa shape index (κ3) is 2.95. The molecule has 0 amide bonds. The van der Waals surface area contributed by atoms with Crippen molar-refractivity contribution in [3.8, 4) is 0 Å². The Morgan fingerprint density at radius 2 is 1.80 bits per heavy atom. The Bertz CT molecular complexity index is 1140. The average molecular weight is 391 g/mol. The van der Waals surface area contributed by atoms with Gasteiger partial charge < -0.3 is 10.6 Å². The maximum Gasteiger partial charge on any atom is 0.0551 e. The fourth-order valence-corrected chi connectivity index (χ4v) is 5.27. The molecule has 2 unspecified atom stereocenters. The van der Waals surface area contributed by atoms with E-state index in [4.69, 9.17) is 0 Å². The van der Waals surface area contributed by atoms with Gasteiger partial charge in [0.05, 0.1) is 6.04 Å². The number of anilines is 2. The van der Waals surface area contributed by atoms with Crippen LogP contribution in [-0.4, -0.2) is 6.04 Å². The molecule has 0 heterocycles. The van der Waals surface area contributed by atoms with E-state index in [1.54, 1.807) is 0 Å². The lowest BCUT2D eigenvalue weighted by Crippen LogP contribution is -2.32. The Labute approximate surface area is 178 Å². The molecule has 30 heavy (non-hydrogen) atoms. The van der Waals surface area contributed by atoms with Crippen molar-refractivity contribution in [1.82, 2.24) is 0 Å². The summed E-state index contributed by atoms with van der Waals surface area (Å²) >= 11 is 0. The second-order valence-corrected chi connectivity index (χ2v) is 8.56. The molecule has 2 heteroatoms. The molecule has 2 N–H and O–H groups in total. The van der Waals surface area contributed by atoms with Crippen molar-refractivity contribution in [3.63, 3.8) is 0 Å². The highest BCUT2D eigenvalue weighted by molar-refractivity contribution is 5.92. The van der Waals surface area contributed by atoms with Crippen LogP contribution in [0.4, 0.5) is 11.4 Å². The zero-order valence-corrected chi connectivity index (χ0v) is 17.1. The van der Waals surface area contributed by atoms with Crippen LogP contribution in [0.5, 0.6) is 0 Å². The normalized spacial score (nSPS) is 23.1. The number of rotatable bonds is 4. The van der Waals surface area contributed by atoms with Crippen molar-refractivity contribution >= 4 is 23.0 Å². The molecular weight excluding hydrogens is 364 g/mol. The number of hydrogen-bond acceptors (Lipinski definition) is 2. The zero-order valence-electron chi connectivity index (χ0n) is 17.1. The summed E-state index contributed by atoms with van der Waals surface area (Å²) in [5.41, 5.74) is 11.1. The van der Waals surface area contributed by atoms with Crippen molar-refractivity contribution < 1.29 is 0 Å². The molecule has 0 aliphatic heterocycles. The summed E-state index contributed by atoms with van der Waals surface area (Å²) < 4.78 is 0. The number of aryl methyl sites for hydroxylation is 1. The largest absolute Gasteiger partial charge is 0.378 e. The van der Waals surface area contributed by atoms with Crippen LogP contribution in [0.1, 0.15) is 36.0 Å². The minimum absolute atomic E-state index is 0.282. The van der Waals surface area contributed by atoms with Gasteiger partial charge in [-0.15, -0.1) is 0 Å². The van der Waals surface area contributed by atoms with E-state index in [1.165, 1.54) is 44.9 Å². The number of allylic oxidation sites excluding steroid dienone is 6. The van der Waals surface area contributed by atoms with Gasteiger partial charge in [-0.1, -0.05) is 60.7 Å². The molecule has 0 fully saturated rings. The van der Waals surface area contributed by atoms with E-state index >= 15 is 0 Å². The molecule has 2 aromatic rings. The van der Waals surface area contributed by atoms with Crippen LogP contribution >= 0.6 is 0 Å². The fraction of sp³-hybridized carbons (Fsp3) is 0.214. The molecule has 0 spiro atoms. The molecule has 0 saturated heterocycles. The minimum Gasteiger partial charge on any atom is -0.378 e. The Balaban J connectivity index is 1.39. The van der Waals surface area contributed by atoms with Crippen molar-refractivity contribution in [1.29, 1.82) is 0 Å². The number of benzene rings is 2. The fourth-order valence-electron chi connectivity index (χ4n) is 5.27. The van der Waals surface area contributed by atoms with Crippen LogP contribution < -0.4 is 10.6 Å². The van der Waals surface area contributed by atoms with Crippen LogP contribution in [0.2, 0.25) is 0 Å². The van der Waals surface area contributed by atoms with Gasteiger partial charge in [0.2, 0.25) is 0 Å². The SMILES string of the molecule is C1=CCCC(Nc2ccc3c4c2C=CC2C4=C(C=CC2Nc2ccccc2)CC3)=C1. The Morgan fingerprint density at radius 1 is 0.867 bits per heavy atom. The molecule has 2 nitrogen and oxygen atoms in total. The average Bonchev–Trinajstić information content (AvgIpc) is 2.81. The summed E-state index contributed by atoms with van der Waals surface area (Å²) in [5, 5.41) is 7.47. The third-order valence-corrected chi connectivity index (χ3v) is 6.72. The highest BCUT2D eigenvalue weighted by Crippen LogP contribution is 2.48. The van der Waals surface area contributed by atoms with Gasteiger partial charge in [-0.3, -0.25) is 0 Å². The van der Waals surface area contributed by atoms with E-state index in [1.807, 2.05) is 0 Å². The lowest BCUT2D eigenvalue weighted by Gasteiger charge is -2.38. The van der Waals surface area contributed by atoms with Crippen molar-refractivity contribution in [2.24, 2.45) is 5.92 Å². The number of para-hydroxylation sites is 1. The van der Waals surface area contributed by atoms with Crippen molar-refractivity contribution in [2.75, 3.05) is 10.6 Å². The van der Waals surface area contributed by atoms with Gasteiger partial charge in [0.1, 0.15) is 0 Å². The lowest BCUT2D eigenvalue weighted by molar-refractivity contribution is 0.719. The van der Waals surface area contributed by atoms with Gasteiger partial charge in [0.15, 0.2) is 0 Å². The first-order chi connectivity index (χ1) is 14.9. The van der Waals surface area contributed by atoms with Gasteiger partial charge >= 0.3 is 0 Å². The second-order valence-electron chi connectivity index (χ2n) is 8.56. The van der Waals surface area contributed by atoms with Crippen LogP contribution in [0, 0.1) is 5.92 Å². The van der Waals surface area contributed by atoms with Crippen molar-refractivity contribution in [3.05, 3.63) is 107 Å². The Kier molecular flexibility index (Phi) is 4.23. The standard InChI is InChI=1S/C28H26N2/c1-3-7-21(8-4-1)29-25-17-13-19-11-12-20-14-18-26(30-22-9-5-2-6-10-22)24-16-15-23(25)27(19)28(20)24/h1-5,7-9,13-18,23,25,29-30H,6,10-12H2. The summed E-state index contributed by atoms with van der Waals surface area (Å²) in [7, 11) is 0. The maximum absolute atomic E-state index is 3.75. The summed E-state index contributed by atoms with van der Waals surface area (Å²) in [4.78, 5) is 0. The molecule has 0 aromatic heterocycles. The van der Waals surface area contributed by atoms with E-state index in [-0.39, 0.29) is 6.04 Å². The molecule has 2 aromatic carbocycles. The van der Waals surface area contributed by atoms with Crippen LogP contribution in [-0.2, 0) is 6.42 Å². The molecule has 4 aliphatic rings. The van der Waals surface area contributed by atoms with E-state index in [9.17, 15) is 0 Å². The van der Waals surface area contributed by atoms with E-state index in [2.05, 4.69) is 95.6 Å². The predicted octanol–water partition coefficient (Wildman–Crippen LogP) is 6.73. The molecular formula is C28H26N2. The summed E-state index contributed by atoms with van der Waals surface area (Å²) in [6.45, 7) is 0. The van der Waals surface area contributed by atoms with E-state index in [0.717, 1.165) is 25.7 Å². The molecule has 0 bridgehead atoms. The van der Waals surface area contributed by atoms with Gasteiger partial charge in [0, 0.05) is 28.6 Å². The minimum atomic E-state index is 0.282. The predicted molar refractivity (Wildman–Crippen MR) is 127 cm³/mol. The topological polar surface area (TPSA) is 24.1 Å². The quantitative estimate of drug-likeness (QED) is 0.605. The highest BCUT2D eigenvalue weighted by Gasteiger charge is 2.35. The maximum atomic E-state index is 3.75. The summed E-state index contributed by atoms with van der Waals surface area (Å²) in [6, 6.07) is 15.5. The molecule has 0 saturated carbocycles. The second kappa shape index (κ2) is 7.21. The summed E-state index contributed by atoms with van der Waals surface area (Å²) in [5.74, 6) is 0.379. The van der Waals surface area contributed by atoms with Gasteiger partial charge in [-0.05, 0) is 72.2 Å². The molecule has 0 radical (unpaired) electrons. The first kappa shape index (κ1) is 17.6. The van der Waals surface area contributed by atoms with E-state index < -0.39 is 0 Å². The molecule has 148 valence electrons. The first-order valence-corrected chi connectivity index (χ1v) is 11.1. The lowest BCUT2D eigenvalue weighted by atomic mass is 9.69. The van der Waals surface area contributed by atoms with Gasteiger partial charge in [-0.25, -0.2) is 0 Å². The smallest absolute Gasteiger partial charge is 0.0551 e. The Hall–Kier alpha value is -3.26. The van der Waals surface area contributed by atoms with Gasteiger partial charge in [0.25, 0.3) is 0 Å². The molecule has 2 atom stereocenters. The van der Waals surface area contributed by atoms with Gasteiger partial charge in [-0.2, -0.15) is 0 Å². The zero-order chi connectivity index (χ0) is 19.9. The Morgan fingerprint density at radius 3 is 2.67 bits per heavy atom. The summed E-state index contributed by atoms with van der Waals surface area (Å²) in [6.07, 6.45) is 20.6. The monoisotopic (exact) mass is 390 g/mol. The van der Waals surface area contributed by atoms with Crippen LogP contribution in [0.25, 0.3) is 11.6 Å². The van der Waals surface area contributed by atoms with Crippen LogP contribution in [0.15, 0.2) is 90.2 Å².